The number of carbonyl (C=O) groups is 2. The van der Waals surface area contributed by atoms with Crippen LogP contribution in [0.5, 0.6) is 0 Å². The summed E-state index contributed by atoms with van der Waals surface area (Å²) in [5.41, 5.74) is 2.91. The smallest absolute Gasteiger partial charge is 0.255 e. The molecule has 1 saturated carbocycles. The number of halogens is 1. The lowest BCUT2D eigenvalue weighted by molar-refractivity contribution is -0.121. The van der Waals surface area contributed by atoms with E-state index in [1.54, 1.807) is 36.3 Å². The monoisotopic (exact) mass is 422 g/mol. The SMILES string of the molecule is CCC(=O)NC1CCC(N(C)C(=O)c2cnc(-c3ccc4[nH]ccc4c3F)cc2C)C1. The van der Waals surface area contributed by atoms with E-state index in [9.17, 15) is 14.0 Å². The zero-order chi connectivity index (χ0) is 22.1. The second kappa shape index (κ2) is 8.49. The summed E-state index contributed by atoms with van der Waals surface area (Å²) in [6.45, 7) is 3.68. The molecular formula is C24H27FN4O2. The van der Waals surface area contributed by atoms with Gasteiger partial charge >= 0.3 is 0 Å². The third-order valence-electron chi connectivity index (χ3n) is 6.25. The van der Waals surface area contributed by atoms with Gasteiger partial charge in [0.1, 0.15) is 5.82 Å². The average Bonchev–Trinajstić information content (AvgIpc) is 3.43. The molecule has 1 aliphatic rings. The number of fused-ring (bicyclic) bond motifs is 1. The second-order valence-corrected chi connectivity index (χ2v) is 8.25. The summed E-state index contributed by atoms with van der Waals surface area (Å²) in [7, 11) is 1.80. The van der Waals surface area contributed by atoms with Gasteiger partial charge in [-0.15, -0.1) is 0 Å². The summed E-state index contributed by atoms with van der Waals surface area (Å²) in [5, 5.41) is 3.53. The highest BCUT2D eigenvalue weighted by molar-refractivity contribution is 5.96. The van der Waals surface area contributed by atoms with E-state index in [0.717, 1.165) is 30.3 Å². The fraction of sp³-hybridized carbons (Fsp3) is 0.375. The van der Waals surface area contributed by atoms with E-state index in [0.29, 0.717) is 28.6 Å². The molecule has 3 aromatic rings. The number of carbonyl (C=O) groups excluding carboxylic acids is 2. The van der Waals surface area contributed by atoms with Crippen molar-refractivity contribution in [2.75, 3.05) is 7.05 Å². The van der Waals surface area contributed by atoms with Crippen molar-refractivity contribution in [1.82, 2.24) is 20.2 Å². The summed E-state index contributed by atoms with van der Waals surface area (Å²) >= 11 is 0. The maximum absolute atomic E-state index is 14.9. The molecule has 0 radical (unpaired) electrons. The lowest BCUT2D eigenvalue weighted by atomic mass is 10.0. The van der Waals surface area contributed by atoms with Gasteiger partial charge in [0.25, 0.3) is 5.91 Å². The molecule has 6 nitrogen and oxygen atoms in total. The number of aryl methyl sites for hydroxylation is 1. The van der Waals surface area contributed by atoms with Gasteiger partial charge in [0.2, 0.25) is 5.91 Å². The standard InChI is InChI=1S/C24H27FN4O2/c1-4-22(30)28-15-5-6-16(12-15)29(3)24(31)19-13-27-21(11-14(19)2)17-7-8-20-18(23(17)25)9-10-26-20/h7-11,13,15-16,26H,4-6,12H2,1-3H3,(H,28,30). The maximum atomic E-state index is 14.9. The van der Waals surface area contributed by atoms with Crippen LogP contribution < -0.4 is 5.32 Å². The summed E-state index contributed by atoms with van der Waals surface area (Å²) in [6, 6.07) is 7.17. The minimum Gasteiger partial charge on any atom is -0.361 e. The Morgan fingerprint density at radius 2 is 2.10 bits per heavy atom. The van der Waals surface area contributed by atoms with Crippen molar-refractivity contribution in [3.63, 3.8) is 0 Å². The largest absolute Gasteiger partial charge is 0.361 e. The molecule has 7 heteroatoms. The lowest BCUT2D eigenvalue weighted by Gasteiger charge is -2.25. The Kier molecular flexibility index (Phi) is 5.76. The zero-order valence-corrected chi connectivity index (χ0v) is 18.0. The molecule has 1 fully saturated rings. The molecule has 0 saturated heterocycles. The molecule has 1 aliphatic carbocycles. The number of H-pyrrole nitrogens is 1. The van der Waals surface area contributed by atoms with Crippen LogP contribution in [0.4, 0.5) is 4.39 Å². The molecule has 0 bridgehead atoms. The number of hydrogen-bond acceptors (Lipinski definition) is 3. The summed E-state index contributed by atoms with van der Waals surface area (Å²) in [5.74, 6) is -0.390. The number of aromatic nitrogens is 2. The van der Waals surface area contributed by atoms with Crippen LogP contribution in [-0.2, 0) is 4.79 Å². The first kappa shape index (κ1) is 21.0. The summed E-state index contributed by atoms with van der Waals surface area (Å²) in [4.78, 5) is 33.9. The van der Waals surface area contributed by atoms with E-state index in [4.69, 9.17) is 0 Å². The molecule has 2 aromatic heterocycles. The average molecular weight is 423 g/mol. The van der Waals surface area contributed by atoms with Gasteiger partial charge in [-0.3, -0.25) is 14.6 Å². The molecule has 4 rings (SSSR count). The number of pyridine rings is 1. The number of hydrogen-bond donors (Lipinski definition) is 2. The van der Waals surface area contributed by atoms with Crippen molar-refractivity contribution in [2.24, 2.45) is 0 Å². The lowest BCUT2D eigenvalue weighted by Crippen LogP contribution is -2.38. The van der Waals surface area contributed by atoms with E-state index in [1.165, 1.54) is 6.20 Å². The van der Waals surface area contributed by atoms with E-state index in [-0.39, 0.29) is 29.7 Å². The highest BCUT2D eigenvalue weighted by Crippen LogP contribution is 2.29. The number of nitrogens with one attached hydrogen (secondary N) is 2. The molecule has 31 heavy (non-hydrogen) atoms. The van der Waals surface area contributed by atoms with E-state index in [1.807, 2.05) is 19.9 Å². The Morgan fingerprint density at radius 3 is 2.84 bits per heavy atom. The Bertz CT molecular complexity index is 1140. The molecule has 1 aromatic carbocycles. The minimum absolute atomic E-state index is 0.0420. The molecule has 2 unspecified atom stereocenters. The van der Waals surface area contributed by atoms with Crippen LogP contribution in [0.2, 0.25) is 0 Å². The fourth-order valence-corrected chi connectivity index (χ4v) is 4.35. The van der Waals surface area contributed by atoms with Crippen molar-refractivity contribution in [1.29, 1.82) is 0 Å². The summed E-state index contributed by atoms with van der Waals surface area (Å²) < 4.78 is 14.9. The van der Waals surface area contributed by atoms with Gasteiger partial charge in [0.05, 0.1) is 11.3 Å². The van der Waals surface area contributed by atoms with Gasteiger partial charge in [0.15, 0.2) is 0 Å². The van der Waals surface area contributed by atoms with E-state index in [2.05, 4.69) is 15.3 Å². The van der Waals surface area contributed by atoms with E-state index >= 15 is 0 Å². The Hall–Kier alpha value is -3.22. The predicted octanol–water partition coefficient (Wildman–Crippen LogP) is 4.20. The quantitative estimate of drug-likeness (QED) is 0.647. The second-order valence-electron chi connectivity index (χ2n) is 8.25. The van der Waals surface area contributed by atoms with Crippen LogP contribution >= 0.6 is 0 Å². The van der Waals surface area contributed by atoms with Gasteiger partial charge < -0.3 is 15.2 Å². The van der Waals surface area contributed by atoms with Crippen LogP contribution in [0.25, 0.3) is 22.2 Å². The first-order chi connectivity index (χ1) is 14.9. The van der Waals surface area contributed by atoms with Crippen molar-refractivity contribution < 1.29 is 14.0 Å². The summed E-state index contributed by atoms with van der Waals surface area (Å²) in [6.07, 6.45) is 6.17. The molecule has 0 aliphatic heterocycles. The van der Waals surface area contributed by atoms with E-state index < -0.39 is 0 Å². The van der Waals surface area contributed by atoms with Crippen molar-refractivity contribution in [3.05, 3.63) is 53.6 Å². The van der Waals surface area contributed by atoms with Crippen LogP contribution in [0.15, 0.2) is 36.7 Å². The van der Waals surface area contributed by atoms with Crippen LogP contribution in [-0.4, -0.2) is 45.8 Å². The maximum Gasteiger partial charge on any atom is 0.255 e. The molecular weight excluding hydrogens is 395 g/mol. The third kappa shape index (κ3) is 4.04. The molecule has 0 spiro atoms. The molecule has 2 atom stereocenters. The van der Waals surface area contributed by atoms with Gasteiger partial charge in [-0.2, -0.15) is 0 Å². The van der Waals surface area contributed by atoms with Gasteiger partial charge in [-0.05, 0) is 56.0 Å². The Morgan fingerprint density at radius 1 is 1.29 bits per heavy atom. The Labute approximate surface area is 180 Å². The molecule has 2 N–H and O–H groups in total. The minimum atomic E-state index is -0.326. The number of amides is 2. The topological polar surface area (TPSA) is 78.1 Å². The Balaban J connectivity index is 1.52. The normalized spacial score (nSPS) is 18.3. The number of nitrogens with zero attached hydrogens (tertiary/aromatic N) is 2. The first-order valence-corrected chi connectivity index (χ1v) is 10.7. The number of aromatic amines is 1. The number of benzene rings is 1. The molecule has 2 heterocycles. The van der Waals surface area contributed by atoms with Crippen LogP contribution in [0.3, 0.4) is 0 Å². The van der Waals surface area contributed by atoms with Crippen molar-refractivity contribution in [3.8, 4) is 11.3 Å². The predicted molar refractivity (Wildman–Crippen MR) is 118 cm³/mol. The molecule has 2 amide bonds. The van der Waals surface area contributed by atoms with Gasteiger partial charge in [0, 0.05) is 54.4 Å². The van der Waals surface area contributed by atoms with Gasteiger partial charge in [-0.25, -0.2) is 4.39 Å². The zero-order valence-electron chi connectivity index (χ0n) is 18.0. The fourth-order valence-electron chi connectivity index (χ4n) is 4.35. The van der Waals surface area contributed by atoms with Gasteiger partial charge in [-0.1, -0.05) is 6.92 Å². The highest BCUT2D eigenvalue weighted by atomic mass is 19.1. The van der Waals surface area contributed by atoms with Crippen molar-refractivity contribution in [2.45, 2.75) is 51.6 Å². The highest BCUT2D eigenvalue weighted by Gasteiger charge is 2.31. The number of rotatable bonds is 5. The third-order valence-corrected chi connectivity index (χ3v) is 6.25. The van der Waals surface area contributed by atoms with Crippen LogP contribution in [0, 0.1) is 12.7 Å². The van der Waals surface area contributed by atoms with Crippen LogP contribution in [0.1, 0.15) is 48.5 Å². The molecule has 162 valence electrons. The first-order valence-electron chi connectivity index (χ1n) is 10.7. The van der Waals surface area contributed by atoms with Crippen molar-refractivity contribution >= 4 is 22.7 Å².